The van der Waals surface area contributed by atoms with Crippen LogP contribution in [0.25, 0.3) is 10.2 Å². The average Bonchev–Trinajstić information content (AvgIpc) is 2.76. The van der Waals surface area contributed by atoms with E-state index in [0.29, 0.717) is 23.3 Å². The summed E-state index contributed by atoms with van der Waals surface area (Å²) in [6, 6.07) is 5.98. The highest BCUT2D eigenvalue weighted by Gasteiger charge is 2.10. The average molecular weight is 292 g/mol. The van der Waals surface area contributed by atoms with Crippen LogP contribution in [0, 0.1) is 0 Å². The summed E-state index contributed by atoms with van der Waals surface area (Å²) in [4.78, 5) is 18.4. The molecule has 0 saturated carbocycles. The number of nitrogens with one attached hydrogen (secondary N) is 1. The number of thiazole rings is 1. The first-order valence-corrected chi connectivity index (χ1v) is 7.43. The van der Waals surface area contributed by atoms with E-state index < -0.39 is 0 Å². The van der Waals surface area contributed by atoms with E-state index in [0.717, 1.165) is 16.8 Å². The molecule has 1 aromatic carbocycles. The van der Waals surface area contributed by atoms with Crippen molar-refractivity contribution in [1.29, 1.82) is 0 Å². The Kier molecular flexibility index (Phi) is 4.57. The van der Waals surface area contributed by atoms with E-state index in [-0.39, 0.29) is 5.91 Å². The minimum atomic E-state index is -0.00970. The van der Waals surface area contributed by atoms with Crippen molar-refractivity contribution in [2.45, 2.75) is 26.3 Å². The number of rotatable bonds is 5. The largest absolute Gasteiger partial charge is 0.399 e. The van der Waals surface area contributed by atoms with Gasteiger partial charge in [-0.05, 0) is 39.1 Å². The maximum absolute atomic E-state index is 11.9. The van der Waals surface area contributed by atoms with E-state index in [1.807, 2.05) is 25.2 Å². The molecule has 3 N–H and O–H groups in total. The van der Waals surface area contributed by atoms with E-state index in [2.05, 4.69) is 29.0 Å². The first kappa shape index (κ1) is 14.7. The highest BCUT2D eigenvalue weighted by molar-refractivity contribution is 7.22. The van der Waals surface area contributed by atoms with Crippen LogP contribution >= 0.6 is 11.3 Å². The van der Waals surface area contributed by atoms with E-state index in [4.69, 9.17) is 5.73 Å². The monoisotopic (exact) mass is 292 g/mol. The third-order valence-corrected chi connectivity index (χ3v) is 4.17. The van der Waals surface area contributed by atoms with Crippen LogP contribution in [-0.2, 0) is 4.79 Å². The standard InChI is InChI=1S/C14H20N4OS/c1-9(2)18(3)7-6-13(19)17-14-16-11-5-4-10(15)8-12(11)20-14/h4-5,8-9H,6-7,15H2,1-3H3,(H,16,17,19). The lowest BCUT2D eigenvalue weighted by Crippen LogP contribution is -2.29. The molecule has 1 aromatic heterocycles. The van der Waals surface area contributed by atoms with Crippen molar-refractivity contribution in [3.63, 3.8) is 0 Å². The molecule has 6 heteroatoms. The van der Waals surface area contributed by atoms with Gasteiger partial charge in [0.05, 0.1) is 10.2 Å². The summed E-state index contributed by atoms with van der Waals surface area (Å²) in [5, 5.41) is 3.47. The highest BCUT2D eigenvalue weighted by Crippen LogP contribution is 2.27. The van der Waals surface area contributed by atoms with Crippen LogP contribution in [0.15, 0.2) is 18.2 Å². The van der Waals surface area contributed by atoms with Crippen molar-refractivity contribution in [2.75, 3.05) is 24.6 Å². The fourth-order valence-corrected chi connectivity index (χ4v) is 2.64. The van der Waals surface area contributed by atoms with Crippen molar-refractivity contribution in [3.05, 3.63) is 18.2 Å². The van der Waals surface area contributed by atoms with Crippen molar-refractivity contribution >= 4 is 38.3 Å². The van der Waals surface area contributed by atoms with Gasteiger partial charge in [0.1, 0.15) is 0 Å². The van der Waals surface area contributed by atoms with Gasteiger partial charge in [-0.3, -0.25) is 4.79 Å². The molecule has 0 fully saturated rings. The predicted molar refractivity (Wildman–Crippen MR) is 85.0 cm³/mol. The first-order chi connectivity index (χ1) is 9.45. The van der Waals surface area contributed by atoms with E-state index in [1.165, 1.54) is 11.3 Å². The second-order valence-electron chi connectivity index (χ2n) is 5.12. The Morgan fingerprint density at radius 3 is 2.95 bits per heavy atom. The Bertz CT molecular complexity index is 608. The number of hydrogen-bond donors (Lipinski definition) is 2. The molecule has 2 aromatic rings. The number of anilines is 2. The van der Waals surface area contributed by atoms with Crippen LogP contribution in [0.1, 0.15) is 20.3 Å². The van der Waals surface area contributed by atoms with Gasteiger partial charge in [0.2, 0.25) is 5.91 Å². The molecule has 1 amide bonds. The maximum atomic E-state index is 11.9. The van der Waals surface area contributed by atoms with E-state index >= 15 is 0 Å². The molecule has 0 aliphatic carbocycles. The number of hydrogen-bond acceptors (Lipinski definition) is 5. The summed E-state index contributed by atoms with van der Waals surface area (Å²) >= 11 is 1.44. The molecule has 0 saturated heterocycles. The van der Waals surface area contributed by atoms with E-state index in [9.17, 15) is 4.79 Å². The summed E-state index contributed by atoms with van der Waals surface area (Å²) in [5.74, 6) is -0.00970. The van der Waals surface area contributed by atoms with Crippen molar-refractivity contribution < 1.29 is 4.79 Å². The molecule has 0 aliphatic rings. The lowest BCUT2D eigenvalue weighted by atomic mass is 10.3. The number of aromatic nitrogens is 1. The fraction of sp³-hybridized carbons (Fsp3) is 0.429. The summed E-state index contributed by atoms with van der Waals surface area (Å²) in [6.07, 6.45) is 0.465. The van der Waals surface area contributed by atoms with Gasteiger partial charge in [0, 0.05) is 24.7 Å². The Balaban J connectivity index is 1.96. The number of nitrogens with two attached hydrogens (primary N) is 1. The number of amides is 1. The van der Waals surface area contributed by atoms with Gasteiger partial charge < -0.3 is 16.0 Å². The van der Waals surface area contributed by atoms with Crippen molar-refractivity contribution in [3.8, 4) is 0 Å². The molecule has 0 atom stereocenters. The highest BCUT2D eigenvalue weighted by atomic mass is 32.1. The van der Waals surface area contributed by atoms with Crippen LogP contribution in [0.4, 0.5) is 10.8 Å². The zero-order chi connectivity index (χ0) is 14.7. The molecule has 20 heavy (non-hydrogen) atoms. The zero-order valence-electron chi connectivity index (χ0n) is 12.0. The minimum Gasteiger partial charge on any atom is -0.399 e. The molecule has 0 aliphatic heterocycles. The molecule has 108 valence electrons. The second kappa shape index (κ2) is 6.19. The quantitative estimate of drug-likeness (QED) is 0.831. The summed E-state index contributed by atoms with van der Waals surface area (Å²) in [7, 11) is 2.01. The summed E-state index contributed by atoms with van der Waals surface area (Å²) < 4.78 is 0.986. The minimum absolute atomic E-state index is 0.00970. The topological polar surface area (TPSA) is 71.2 Å². The number of carbonyl (C=O) groups excluding carboxylic acids is 1. The molecule has 2 rings (SSSR count). The summed E-state index contributed by atoms with van der Waals surface area (Å²) in [6.45, 7) is 4.95. The van der Waals surface area contributed by atoms with Crippen LogP contribution in [0.2, 0.25) is 0 Å². The number of fused-ring (bicyclic) bond motifs is 1. The normalized spacial score (nSPS) is 11.4. The van der Waals surface area contributed by atoms with Gasteiger partial charge >= 0.3 is 0 Å². The molecule has 1 heterocycles. The molecular weight excluding hydrogens is 272 g/mol. The van der Waals surface area contributed by atoms with Gasteiger partial charge in [0.15, 0.2) is 5.13 Å². The lowest BCUT2D eigenvalue weighted by Gasteiger charge is -2.20. The zero-order valence-corrected chi connectivity index (χ0v) is 12.8. The van der Waals surface area contributed by atoms with Gasteiger partial charge in [-0.15, -0.1) is 0 Å². The van der Waals surface area contributed by atoms with Crippen molar-refractivity contribution in [1.82, 2.24) is 9.88 Å². The molecule has 0 bridgehead atoms. The molecule has 0 unspecified atom stereocenters. The van der Waals surface area contributed by atoms with Crippen molar-refractivity contribution in [2.24, 2.45) is 0 Å². The Labute approximate surface area is 122 Å². The Morgan fingerprint density at radius 2 is 2.25 bits per heavy atom. The lowest BCUT2D eigenvalue weighted by molar-refractivity contribution is -0.116. The predicted octanol–water partition coefficient (Wildman–Crippen LogP) is 2.55. The number of benzene rings is 1. The SMILES string of the molecule is CC(C)N(C)CCC(=O)Nc1nc2ccc(N)cc2s1. The second-order valence-corrected chi connectivity index (χ2v) is 6.15. The van der Waals surface area contributed by atoms with Gasteiger partial charge in [-0.25, -0.2) is 4.98 Å². The fourth-order valence-electron chi connectivity index (χ4n) is 1.71. The molecular formula is C14H20N4OS. The number of nitrogen functional groups attached to an aromatic ring is 1. The Morgan fingerprint density at radius 1 is 1.50 bits per heavy atom. The van der Waals surface area contributed by atoms with E-state index in [1.54, 1.807) is 0 Å². The molecule has 0 spiro atoms. The van der Waals surface area contributed by atoms with Crippen LogP contribution < -0.4 is 11.1 Å². The number of carbonyl (C=O) groups is 1. The third-order valence-electron chi connectivity index (χ3n) is 3.23. The number of nitrogens with zero attached hydrogens (tertiary/aromatic N) is 2. The van der Waals surface area contributed by atoms with Crippen LogP contribution in [0.3, 0.4) is 0 Å². The third kappa shape index (κ3) is 3.68. The van der Waals surface area contributed by atoms with Crippen LogP contribution in [-0.4, -0.2) is 35.4 Å². The molecule has 5 nitrogen and oxygen atoms in total. The summed E-state index contributed by atoms with van der Waals surface area (Å²) in [5.41, 5.74) is 7.30. The van der Waals surface area contributed by atoms with Gasteiger partial charge in [-0.2, -0.15) is 0 Å². The van der Waals surface area contributed by atoms with Crippen LogP contribution in [0.5, 0.6) is 0 Å². The van der Waals surface area contributed by atoms with Gasteiger partial charge in [-0.1, -0.05) is 11.3 Å². The molecule has 0 radical (unpaired) electrons. The Hall–Kier alpha value is -1.66. The van der Waals surface area contributed by atoms with Gasteiger partial charge in [0.25, 0.3) is 0 Å². The maximum Gasteiger partial charge on any atom is 0.227 e. The first-order valence-electron chi connectivity index (χ1n) is 6.62. The smallest absolute Gasteiger partial charge is 0.227 e.